The van der Waals surface area contributed by atoms with E-state index in [4.69, 9.17) is 5.14 Å². The van der Waals surface area contributed by atoms with E-state index in [1.54, 1.807) is 12.1 Å². The lowest BCUT2D eigenvalue weighted by Crippen LogP contribution is -2.14. The minimum Gasteiger partial charge on any atom is -0.381 e. The van der Waals surface area contributed by atoms with Gasteiger partial charge in [-0.05, 0) is 41.8 Å². The number of hydrogen-bond acceptors (Lipinski definition) is 3. The maximum absolute atomic E-state index is 11.0. The highest BCUT2D eigenvalue weighted by Gasteiger charge is 2.04. The zero-order chi connectivity index (χ0) is 15.5. The second kappa shape index (κ2) is 6.60. The van der Waals surface area contributed by atoms with Crippen molar-refractivity contribution in [2.24, 2.45) is 5.14 Å². The van der Waals surface area contributed by atoms with Crippen molar-refractivity contribution >= 4 is 31.6 Å². The van der Waals surface area contributed by atoms with Crippen molar-refractivity contribution in [2.45, 2.75) is 19.2 Å². The van der Waals surface area contributed by atoms with Crippen molar-refractivity contribution in [1.29, 1.82) is 0 Å². The van der Waals surface area contributed by atoms with Crippen LogP contribution in [0.4, 0.5) is 5.69 Å². The van der Waals surface area contributed by atoms with Gasteiger partial charge in [0, 0.05) is 16.7 Å². The summed E-state index contributed by atoms with van der Waals surface area (Å²) in [4.78, 5) is 0. The number of rotatable bonds is 5. The van der Waals surface area contributed by atoms with Gasteiger partial charge >= 0.3 is 0 Å². The number of primary sulfonamides is 1. The highest BCUT2D eigenvalue weighted by Crippen LogP contribution is 2.19. The molecule has 0 heterocycles. The fraction of sp³-hybridized carbons (Fsp3) is 0.200. The van der Waals surface area contributed by atoms with E-state index in [-0.39, 0.29) is 5.75 Å². The molecule has 0 aliphatic carbocycles. The first-order chi connectivity index (χ1) is 9.83. The molecular weight excluding hydrogens is 352 g/mol. The molecule has 2 aromatic rings. The summed E-state index contributed by atoms with van der Waals surface area (Å²) in [5, 5.41) is 8.31. The highest BCUT2D eigenvalue weighted by molar-refractivity contribution is 9.10. The molecule has 3 N–H and O–H groups in total. The van der Waals surface area contributed by atoms with Gasteiger partial charge in [0.2, 0.25) is 10.0 Å². The molecule has 0 atom stereocenters. The Morgan fingerprint density at radius 2 is 1.71 bits per heavy atom. The average molecular weight is 369 g/mol. The van der Waals surface area contributed by atoms with E-state index in [1.807, 2.05) is 19.1 Å². The lowest BCUT2D eigenvalue weighted by atomic mass is 10.1. The van der Waals surface area contributed by atoms with Crippen LogP contribution in [0.5, 0.6) is 0 Å². The van der Waals surface area contributed by atoms with E-state index in [1.165, 1.54) is 11.1 Å². The molecule has 112 valence electrons. The minimum atomic E-state index is -3.48. The van der Waals surface area contributed by atoms with Gasteiger partial charge in [-0.25, -0.2) is 13.6 Å². The second-order valence-electron chi connectivity index (χ2n) is 4.94. The van der Waals surface area contributed by atoms with Crippen LogP contribution in [0.25, 0.3) is 0 Å². The van der Waals surface area contributed by atoms with Crippen LogP contribution in [-0.2, 0) is 22.3 Å². The lowest BCUT2D eigenvalue weighted by molar-refractivity contribution is 0.597. The summed E-state index contributed by atoms with van der Waals surface area (Å²) in [5.41, 5.74) is 3.98. The van der Waals surface area contributed by atoms with Gasteiger partial charge in [-0.1, -0.05) is 40.2 Å². The Morgan fingerprint density at radius 3 is 2.29 bits per heavy atom. The first-order valence-corrected chi connectivity index (χ1v) is 8.93. The largest absolute Gasteiger partial charge is 0.381 e. The molecule has 0 bridgehead atoms. The zero-order valence-electron chi connectivity index (χ0n) is 11.6. The number of anilines is 1. The number of hydrogen-bond donors (Lipinski definition) is 2. The Labute approximate surface area is 133 Å². The molecule has 0 unspecified atom stereocenters. The molecule has 0 aromatic heterocycles. The zero-order valence-corrected chi connectivity index (χ0v) is 14.0. The fourth-order valence-electron chi connectivity index (χ4n) is 1.90. The molecule has 2 rings (SSSR count). The third kappa shape index (κ3) is 5.15. The monoisotopic (exact) mass is 368 g/mol. The average Bonchev–Trinajstić information content (AvgIpc) is 2.40. The quantitative estimate of drug-likeness (QED) is 0.851. The Morgan fingerprint density at radius 1 is 1.10 bits per heavy atom. The van der Waals surface area contributed by atoms with Crippen molar-refractivity contribution in [1.82, 2.24) is 0 Å². The van der Waals surface area contributed by atoms with Crippen LogP contribution in [0.15, 0.2) is 46.9 Å². The van der Waals surface area contributed by atoms with Gasteiger partial charge < -0.3 is 5.32 Å². The highest BCUT2D eigenvalue weighted by atomic mass is 79.9. The van der Waals surface area contributed by atoms with Gasteiger partial charge in [0.25, 0.3) is 0 Å². The molecule has 0 saturated carbocycles. The molecule has 0 aliphatic rings. The predicted octanol–water partition coefficient (Wildman–Crippen LogP) is 3.16. The first-order valence-electron chi connectivity index (χ1n) is 6.42. The molecule has 0 aliphatic heterocycles. The third-order valence-electron chi connectivity index (χ3n) is 3.05. The minimum absolute atomic E-state index is 0.141. The smallest absolute Gasteiger partial charge is 0.213 e. The second-order valence-corrected chi connectivity index (χ2v) is 7.41. The molecular formula is C15H17BrN2O2S. The third-order valence-corrected chi connectivity index (χ3v) is 4.64. The summed E-state index contributed by atoms with van der Waals surface area (Å²) in [7, 11) is -3.48. The summed E-state index contributed by atoms with van der Waals surface area (Å²) in [6, 6.07) is 13.4. The van der Waals surface area contributed by atoms with Crippen molar-refractivity contribution in [2.75, 3.05) is 5.32 Å². The van der Waals surface area contributed by atoms with Gasteiger partial charge in [-0.15, -0.1) is 0 Å². The van der Waals surface area contributed by atoms with Crippen LogP contribution in [0.3, 0.4) is 0 Å². The van der Waals surface area contributed by atoms with Crippen LogP contribution in [-0.4, -0.2) is 8.42 Å². The van der Waals surface area contributed by atoms with E-state index < -0.39 is 10.0 Å². The maximum Gasteiger partial charge on any atom is 0.213 e. The molecule has 0 spiro atoms. The molecule has 21 heavy (non-hydrogen) atoms. The normalized spacial score (nSPS) is 11.4. The molecule has 2 aromatic carbocycles. The van der Waals surface area contributed by atoms with Gasteiger partial charge in [0.1, 0.15) is 0 Å². The summed E-state index contributed by atoms with van der Waals surface area (Å²) >= 11 is 3.51. The first kappa shape index (κ1) is 16.0. The Balaban J connectivity index is 1.99. The topological polar surface area (TPSA) is 72.2 Å². The van der Waals surface area contributed by atoms with Crippen LogP contribution in [0.1, 0.15) is 16.7 Å². The molecule has 0 radical (unpaired) electrons. The molecule has 4 nitrogen and oxygen atoms in total. The number of nitrogens with two attached hydrogens (primary N) is 1. The van der Waals surface area contributed by atoms with E-state index in [9.17, 15) is 8.42 Å². The predicted molar refractivity (Wildman–Crippen MR) is 89.5 cm³/mol. The number of nitrogens with one attached hydrogen (secondary N) is 1. The maximum atomic E-state index is 11.0. The Kier molecular flexibility index (Phi) is 5.03. The summed E-state index contributed by atoms with van der Waals surface area (Å²) in [6.07, 6.45) is 0. The van der Waals surface area contributed by atoms with Crippen LogP contribution >= 0.6 is 15.9 Å². The molecule has 0 fully saturated rings. The number of sulfonamides is 1. The summed E-state index contributed by atoms with van der Waals surface area (Å²) < 4.78 is 23.1. The van der Waals surface area contributed by atoms with Crippen molar-refractivity contribution in [3.63, 3.8) is 0 Å². The summed E-state index contributed by atoms with van der Waals surface area (Å²) in [5.74, 6) is -0.141. The SMILES string of the molecule is Cc1ccc(CNc2ccc(CS(N)(=O)=O)cc2)cc1Br. The van der Waals surface area contributed by atoms with Crippen molar-refractivity contribution in [3.8, 4) is 0 Å². The fourth-order valence-corrected chi connectivity index (χ4v) is 2.98. The van der Waals surface area contributed by atoms with Crippen LogP contribution < -0.4 is 10.5 Å². The Hall–Kier alpha value is -1.37. The van der Waals surface area contributed by atoms with Gasteiger partial charge in [-0.3, -0.25) is 0 Å². The summed E-state index contributed by atoms with van der Waals surface area (Å²) in [6.45, 7) is 2.75. The van der Waals surface area contributed by atoms with E-state index in [0.717, 1.165) is 10.2 Å². The molecule has 0 amide bonds. The van der Waals surface area contributed by atoms with Gasteiger partial charge in [0.05, 0.1) is 5.75 Å². The van der Waals surface area contributed by atoms with Gasteiger partial charge in [-0.2, -0.15) is 0 Å². The van der Waals surface area contributed by atoms with Crippen molar-refractivity contribution in [3.05, 3.63) is 63.6 Å². The van der Waals surface area contributed by atoms with Gasteiger partial charge in [0.15, 0.2) is 0 Å². The Bertz CT molecular complexity index is 728. The standard InChI is InChI=1S/C15H17BrN2O2S/c1-11-2-3-13(8-15(11)16)9-18-14-6-4-12(5-7-14)10-21(17,19)20/h2-8,18H,9-10H2,1H3,(H2,17,19,20). The van der Waals surface area contributed by atoms with Crippen LogP contribution in [0, 0.1) is 6.92 Å². The number of aryl methyl sites for hydroxylation is 1. The number of halogens is 1. The van der Waals surface area contributed by atoms with E-state index in [0.29, 0.717) is 12.1 Å². The van der Waals surface area contributed by atoms with Crippen LogP contribution in [0.2, 0.25) is 0 Å². The molecule has 0 saturated heterocycles. The number of benzene rings is 2. The van der Waals surface area contributed by atoms with Crippen molar-refractivity contribution < 1.29 is 8.42 Å². The van der Waals surface area contributed by atoms with E-state index in [2.05, 4.69) is 39.4 Å². The lowest BCUT2D eigenvalue weighted by Gasteiger charge is -2.09. The molecule has 6 heteroatoms. The van der Waals surface area contributed by atoms with E-state index >= 15 is 0 Å².